The molecule has 0 saturated heterocycles. The lowest BCUT2D eigenvalue weighted by Gasteiger charge is -1.99. The van der Waals surface area contributed by atoms with E-state index in [9.17, 15) is 0 Å². The van der Waals surface area contributed by atoms with Crippen LogP contribution >= 0.6 is 11.3 Å². The topological polar surface area (TPSA) is 56.7 Å². The van der Waals surface area contributed by atoms with Gasteiger partial charge in [-0.25, -0.2) is 4.98 Å². The van der Waals surface area contributed by atoms with Crippen molar-refractivity contribution in [1.82, 2.24) is 14.8 Å². The minimum Gasteiger partial charge on any atom is -0.321 e. The first-order valence-electron chi connectivity index (χ1n) is 4.93. The molecule has 1 atom stereocenters. The van der Waals surface area contributed by atoms with Gasteiger partial charge < -0.3 is 5.73 Å². The van der Waals surface area contributed by atoms with Gasteiger partial charge in [0.05, 0.1) is 6.04 Å². The maximum absolute atomic E-state index is 5.68. The zero-order chi connectivity index (χ0) is 10.7. The van der Waals surface area contributed by atoms with Crippen molar-refractivity contribution in [2.24, 2.45) is 5.73 Å². The molecule has 2 aromatic heterocycles. The van der Waals surface area contributed by atoms with E-state index in [1.54, 1.807) is 17.7 Å². The minimum atomic E-state index is -0.0898. The second-order valence-electron chi connectivity index (χ2n) is 3.48. The van der Waals surface area contributed by atoms with Crippen molar-refractivity contribution in [1.29, 1.82) is 0 Å². The van der Waals surface area contributed by atoms with E-state index in [1.165, 1.54) is 4.88 Å². The van der Waals surface area contributed by atoms with Crippen LogP contribution in [0.4, 0.5) is 0 Å². The van der Waals surface area contributed by atoms with Gasteiger partial charge in [0.2, 0.25) is 0 Å². The summed E-state index contributed by atoms with van der Waals surface area (Å²) in [5.41, 5.74) is 5.68. The van der Waals surface area contributed by atoms with Crippen molar-refractivity contribution in [2.75, 3.05) is 0 Å². The number of aromatic nitrogens is 3. The van der Waals surface area contributed by atoms with Gasteiger partial charge in [-0.15, -0.1) is 11.3 Å². The van der Waals surface area contributed by atoms with Crippen molar-refractivity contribution in [2.45, 2.75) is 25.9 Å². The highest BCUT2D eigenvalue weighted by Gasteiger charge is 2.05. The third kappa shape index (κ3) is 2.64. The van der Waals surface area contributed by atoms with Crippen molar-refractivity contribution in [3.8, 4) is 0 Å². The molecule has 0 aliphatic rings. The molecule has 0 radical (unpaired) electrons. The van der Waals surface area contributed by atoms with E-state index in [0.29, 0.717) is 5.82 Å². The highest BCUT2D eigenvalue weighted by molar-refractivity contribution is 7.09. The van der Waals surface area contributed by atoms with Gasteiger partial charge in [-0.3, -0.25) is 4.68 Å². The molecule has 1 unspecified atom stereocenters. The molecule has 0 aliphatic carbocycles. The number of nitrogens with zero attached hydrogens (tertiary/aromatic N) is 3. The molecule has 2 rings (SSSR count). The summed E-state index contributed by atoms with van der Waals surface area (Å²) in [6, 6.07) is 4.11. The summed E-state index contributed by atoms with van der Waals surface area (Å²) in [5, 5.41) is 6.38. The lowest BCUT2D eigenvalue weighted by Crippen LogP contribution is -2.08. The number of aryl methyl sites for hydroxylation is 2. The van der Waals surface area contributed by atoms with Crippen LogP contribution in [0.15, 0.2) is 23.8 Å². The van der Waals surface area contributed by atoms with E-state index >= 15 is 0 Å². The number of nitrogens with two attached hydrogens (primary N) is 1. The Balaban J connectivity index is 1.94. The molecule has 0 fully saturated rings. The monoisotopic (exact) mass is 222 g/mol. The van der Waals surface area contributed by atoms with Crippen LogP contribution in [0.25, 0.3) is 0 Å². The summed E-state index contributed by atoms with van der Waals surface area (Å²) in [6.45, 7) is 2.75. The molecule has 0 spiro atoms. The minimum absolute atomic E-state index is 0.0898. The summed E-state index contributed by atoms with van der Waals surface area (Å²) >= 11 is 1.77. The lowest BCUT2D eigenvalue weighted by atomic mass is 10.3. The zero-order valence-electron chi connectivity index (χ0n) is 8.63. The zero-order valence-corrected chi connectivity index (χ0v) is 9.44. The smallest absolute Gasteiger partial charge is 0.166 e. The first kappa shape index (κ1) is 10.3. The first-order valence-corrected chi connectivity index (χ1v) is 5.81. The molecule has 4 nitrogen and oxygen atoms in total. The molecular formula is C10H14N4S. The van der Waals surface area contributed by atoms with E-state index in [-0.39, 0.29) is 6.04 Å². The molecular weight excluding hydrogens is 208 g/mol. The summed E-state index contributed by atoms with van der Waals surface area (Å²) < 4.78 is 1.85. The third-order valence-electron chi connectivity index (χ3n) is 2.13. The maximum Gasteiger partial charge on any atom is 0.166 e. The molecule has 2 N–H and O–H groups in total. The average Bonchev–Trinajstić information content (AvgIpc) is 2.86. The Labute approximate surface area is 92.8 Å². The van der Waals surface area contributed by atoms with Gasteiger partial charge in [-0.1, -0.05) is 6.07 Å². The van der Waals surface area contributed by atoms with Crippen molar-refractivity contribution >= 4 is 11.3 Å². The van der Waals surface area contributed by atoms with E-state index in [0.717, 1.165) is 13.0 Å². The van der Waals surface area contributed by atoms with Gasteiger partial charge in [-0.2, -0.15) is 5.10 Å². The highest BCUT2D eigenvalue weighted by Crippen LogP contribution is 2.10. The predicted molar refractivity (Wildman–Crippen MR) is 60.6 cm³/mol. The number of hydrogen-bond acceptors (Lipinski definition) is 4. The molecule has 0 amide bonds. The van der Waals surface area contributed by atoms with Crippen LogP contribution < -0.4 is 5.73 Å². The van der Waals surface area contributed by atoms with E-state index in [2.05, 4.69) is 27.6 Å². The van der Waals surface area contributed by atoms with Gasteiger partial charge in [-0.05, 0) is 18.4 Å². The van der Waals surface area contributed by atoms with Crippen LogP contribution in [0.3, 0.4) is 0 Å². The Hall–Kier alpha value is -1.20. The summed E-state index contributed by atoms with van der Waals surface area (Å²) in [7, 11) is 0. The lowest BCUT2D eigenvalue weighted by molar-refractivity contribution is 0.598. The molecule has 0 aromatic carbocycles. The van der Waals surface area contributed by atoms with Crippen LogP contribution in [0.5, 0.6) is 0 Å². The van der Waals surface area contributed by atoms with E-state index in [1.807, 2.05) is 11.6 Å². The van der Waals surface area contributed by atoms with Crippen molar-refractivity contribution < 1.29 is 0 Å². The first-order chi connectivity index (χ1) is 7.25. The van der Waals surface area contributed by atoms with Gasteiger partial charge in [0.25, 0.3) is 0 Å². The maximum atomic E-state index is 5.68. The molecule has 80 valence electrons. The third-order valence-corrected chi connectivity index (χ3v) is 3.07. The van der Waals surface area contributed by atoms with Crippen molar-refractivity contribution in [3.05, 3.63) is 34.5 Å². The number of hydrogen-bond donors (Lipinski definition) is 1. The normalized spacial score (nSPS) is 12.9. The quantitative estimate of drug-likeness (QED) is 0.855. The highest BCUT2D eigenvalue weighted by atomic mass is 32.1. The van der Waals surface area contributed by atoms with Gasteiger partial charge in [0, 0.05) is 17.8 Å². The predicted octanol–water partition coefficient (Wildman–Crippen LogP) is 1.60. The molecule has 5 heteroatoms. The van der Waals surface area contributed by atoms with Crippen molar-refractivity contribution in [3.63, 3.8) is 0 Å². The van der Waals surface area contributed by atoms with Gasteiger partial charge >= 0.3 is 0 Å². The Morgan fingerprint density at radius 1 is 1.60 bits per heavy atom. The van der Waals surface area contributed by atoms with Crippen LogP contribution in [0, 0.1) is 0 Å². The fourth-order valence-corrected chi connectivity index (χ4v) is 2.00. The van der Waals surface area contributed by atoms with Crippen LogP contribution in [-0.4, -0.2) is 14.8 Å². The summed E-state index contributed by atoms with van der Waals surface area (Å²) in [6.07, 6.45) is 2.74. The fraction of sp³-hybridized carbons (Fsp3) is 0.400. The Kier molecular flexibility index (Phi) is 3.13. The second kappa shape index (κ2) is 4.55. The molecule has 0 aliphatic heterocycles. The molecule has 15 heavy (non-hydrogen) atoms. The SMILES string of the molecule is CC(N)c1ncn(CCc2cccs2)n1. The van der Waals surface area contributed by atoms with Gasteiger partial charge in [0.1, 0.15) is 6.33 Å². The summed E-state index contributed by atoms with van der Waals surface area (Å²) in [5.74, 6) is 0.709. The Bertz CT molecular complexity index is 405. The molecule has 2 heterocycles. The van der Waals surface area contributed by atoms with Crippen LogP contribution in [0.1, 0.15) is 23.7 Å². The van der Waals surface area contributed by atoms with Crippen LogP contribution in [0.2, 0.25) is 0 Å². The number of rotatable bonds is 4. The largest absolute Gasteiger partial charge is 0.321 e. The Morgan fingerprint density at radius 3 is 3.07 bits per heavy atom. The van der Waals surface area contributed by atoms with E-state index < -0.39 is 0 Å². The number of thiophene rings is 1. The van der Waals surface area contributed by atoms with E-state index in [4.69, 9.17) is 5.73 Å². The Morgan fingerprint density at radius 2 is 2.47 bits per heavy atom. The summed E-state index contributed by atoms with van der Waals surface area (Å²) in [4.78, 5) is 5.51. The average molecular weight is 222 g/mol. The standard InChI is InChI=1S/C10H14N4S/c1-8(11)10-12-7-14(13-10)5-4-9-3-2-6-15-9/h2-3,6-8H,4-5,11H2,1H3. The van der Waals surface area contributed by atoms with Crippen LogP contribution in [-0.2, 0) is 13.0 Å². The molecule has 0 saturated carbocycles. The molecule has 2 aromatic rings. The van der Waals surface area contributed by atoms with Gasteiger partial charge in [0.15, 0.2) is 5.82 Å². The second-order valence-corrected chi connectivity index (χ2v) is 4.52. The molecule has 0 bridgehead atoms. The fourth-order valence-electron chi connectivity index (χ4n) is 1.30.